The second-order valence-corrected chi connectivity index (χ2v) is 3.46. The highest BCUT2D eigenvalue weighted by Crippen LogP contribution is 2.15. The third-order valence-corrected chi connectivity index (χ3v) is 2.05. The van der Waals surface area contributed by atoms with E-state index in [0.29, 0.717) is 19.8 Å². The molecule has 1 aromatic rings. The van der Waals surface area contributed by atoms with Crippen LogP contribution < -0.4 is 5.32 Å². The zero-order chi connectivity index (χ0) is 12.7. The van der Waals surface area contributed by atoms with E-state index < -0.39 is 12.7 Å². The van der Waals surface area contributed by atoms with E-state index in [1.165, 1.54) is 6.20 Å². The molecule has 1 heterocycles. The molecule has 4 nitrogen and oxygen atoms in total. The van der Waals surface area contributed by atoms with Crippen LogP contribution in [0, 0.1) is 0 Å². The highest BCUT2D eigenvalue weighted by atomic mass is 19.4. The summed E-state index contributed by atoms with van der Waals surface area (Å²) in [6.07, 6.45) is -0.378. The monoisotopic (exact) mass is 251 g/mol. The van der Waals surface area contributed by atoms with Gasteiger partial charge >= 0.3 is 6.18 Å². The van der Waals surface area contributed by atoms with Crippen molar-refractivity contribution >= 4 is 5.95 Å². The molecule has 0 unspecified atom stereocenters. The van der Waals surface area contributed by atoms with Crippen molar-refractivity contribution in [3.05, 3.63) is 12.4 Å². The van der Waals surface area contributed by atoms with E-state index in [4.69, 9.17) is 4.74 Å². The molecule has 1 N–H and O–H groups in total. The topological polar surface area (TPSA) is 39.1 Å². The van der Waals surface area contributed by atoms with Gasteiger partial charge in [0.25, 0.3) is 0 Å². The summed E-state index contributed by atoms with van der Waals surface area (Å²) in [5.41, 5.74) is 0. The highest BCUT2D eigenvalue weighted by molar-refractivity contribution is 5.25. The van der Waals surface area contributed by atoms with Crippen molar-refractivity contribution in [2.24, 2.45) is 0 Å². The molecule has 98 valence electrons. The number of imidazole rings is 1. The van der Waals surface area contributed by atoms with Crippen LogP contribution in [-0.4, -0.2) is 35.5 Å². The Balaban J connectivity index is 2.37. The molecule has 0 aliphatic heterocycles. The van der Waals surface area contributed by atoms with Crippen LogP contribution in [0.5, 0.6) is 0 Å². The van der Waals surface area contributed by atoms with E-state index in [9.17, 15) is 13.2 Å². The smallest absolute Gasteiger partial charge is 0.382 e. The Kier molecular flexibility index (Phi) is 5.27. The minimum atomic E-state index is -4.23. The van der Waals surface area contributed by atoms with Crippen LogP contribution in [0.1, 0.15) is 13.3 Å². The molecular formula is C10H16F3N3O. The molecule has 0 spiro atoms. The van der Waals surface area contributed by atoms with Gasteiger partial charge in [0.15, 0.2) is 0 Å². The van der Waals surface area contributed by atoms with Gasteiger partial charge in [0.1, 0.15) is 6.54 Å². The normalized spacial score (nSPS) is 11.8. The number of hydrogen-bond acceptors (Lipinski definition) is 3. The standard InChI is InChI=1S/C10H16F3N3O/c1-2-17-7-3-5-16-6-4-14-9(16)15-8-10(11,12)13/h4,6H,2-3,5,7-8H2,1H3,(H,14,15). The minimum Gasteiger partial charge on any atom is -0.382 e. The Hall–Kier alpha value is -1.24. The Bertz CT molecular complexity index is 325. The van der Waals surface area contributed by atoms with E-state index in [-0.39, 0.29) is 5.95 Å². The van der Waals surface area contributed by atoms with Gasteiger partial charge in [0.05, 0.1) is 0 Å². The molecule has 0 aliphatic carbocycles. The van der Waals surface area contributed by atoms with Crippen LogP contribution in [0.3, 0.4) is 0 Å². The maximum atomic E-state index is 12.0. The average molecular weight is 251 g/mol. The third kappa shape index (κ3) is 5.58. The van der Waals surface area contributed by atoms with E-state index in [1.54, 1.807) is 10.8 Å². The number of ether oxygens (including phenoxy) is 1. The Morgan fingerprint density at radius 2 is 2.24 bits per heavy atom. The molecule has 0 bridgehead atoms. The van der Waals surface area contributed by atoms with Crippen molar-refractivity contribution in [1.29, 1.82) is 0 Å². The molecule has 1 aromatic heterocycles. The van der Waals surface area contributed by atoms with Gasteiger partial charge in [0, 0.05) is 32.2 Å². The molecule has 0 saturated heterocycles. The molecule has 0 aromatic carbocycles. The molecular weight excluding hydrogens is 235 g/mol. The molecule has 1 rings (SSSR count). The van der Waals surface area contributed by atoms with E-state index >= 15 is 0 Å². The van der Waals surface area contributed by atoms with Crippen molar-refractivity contribution < 1.29 is 17.9 Å². The van der Waals surface area contributed by atoms with Gasteiger partial charge in [-0.2, -0.15) is 13.2 Å². The van der Waals surface area contributed by atoms with Crippen LogP contribution in [0.4, 0.5) is 19.1 Å². The van der Waals surface area contributed by atoms with Gasteiger partial charge in [-0.3, -0.25) is 0 Å². The lowest BCUT2D eigenvalue weighted by Crippen LogP contribution is -2.23. The summed E-state index contributed by atoms with van der Waals surface area (Å²) in [4.78, 5) is 3.83. The van der Waals surface area contributed by atoms with Crippen LogP contribution in [0.25, 0.3) is 0 Å². The van der Waals surface area contributed by atoms with Crippen molar-refractivity contribution in [2.75, 3.05) is 25.1 Å². The number of rotatable bonds is 7. The SMILES string of the molecule is CCOCCCn1ccnc1NCC(F)(F)F. The van der Waals surface area contributed by atoms with Crippen molar-refractivity contribution in [3.8, 4) is 0 Å². The van der Waals surface area contributed by atoms with E-state index in [2.05, 4.69) is 10.3 Å². The van der Waals surface area contributed by atoms with Crippen LogP contribution in [0.2, 0.25) is 0 Å². The largest absolute Gasteiger partial charge is 0.405 e. The van der Waals surface area contributed by atoms with Gasteiger partial charge in [-0.1, -0.05) is 0 Å². The lowest BCUT2D eigenvalue weighted by atomic mass is 10.4. The molecule has 0 atom stereocenters. The number of aryl methyl sites for hydroxylation is 1. The number of alkyl halides is 3. The predicted molar refractivity (Wildman–Crippen MR) is 57.9 cm³/mol. The first-order valence-electron chi connectivity index (χ1n) is 5.42. The summed E-state index contributed by atoms with van der Waals surface area (Å²) in [5, 5.41) is 2.26. The lowest BCUT2D eigenvalue weighted by Gasteiger charge is -2.11. The average Bonchev–Trinajstić information content (AvgIpc) is 2.68. The van der Waals surface area contributed by atoms with Crippen molar-refractivity contribution in [1.82, 2.24) is 9.55 Å². The summed E-state index contributed by atoms with van der Waals surface area (Å²) < 4.78 is 42.8. The first kappa shape index (κ1) is 13.8. The quantitative estimate of drug-likeness (QED) is 0.756. The number of nitrogens with zero attached hydrogens (tertiary/aromatic N) is 2. The van der Waals surface area contributed by atoms with Gasteiger partial charge in [-0.15, -0.1) is 0 Å². The highest BCUT2D eigenvalue weighted by Gasteiger charge is 2.27. The fourth-order valence-corrected chi connectivity index (χ4v) is 1.32. The number of aromatic nitrogens is 2. The summed E-state index contributed by atoms with van der Waals surface area (Å²) in [6.45, 7) is 2.64. The zero-order valence-corrected chi connectivity index (χ0v) is 9.63. The molecule has 0 radical (unpaired) electrons. The Morgan fingerprint density at radius 1 is 1.47 bits per heavy atom. The number of halogens is 3. The number of nitrogens with one attached hydrogen (secondary N) is 1. The first-order valence-corrected chi connectivity index (χ1v) is 5.42. The molecule has 17 heavy (non-hydrogen) atoms. The predicted octanol–water partition coefficient (Wildman–Crippen LogP) is 2.28. The molecule has 0 aliphatic rings. The minimum absolute atomic E-state index is 0.235. The van der Waals surface area contributed by atoms with Gasteiger partial charge in [-0.25, -0.2) is 4.98 Å². The second kappa shape index (κ2) is 6.48. The fraction of sp³-hybridized carbons (Fsp3) is 0.700. The Morgan fingerprint density at radius 3 is 2.88 bits per heavy atom. The van der Waals surface area contributed by atoms with Crippen LogP contribution in [-0.2, 0) is 11.3 Å². The van der Waals surface area contributed by atoms with Crippen molar-refractivity contribution in [2.45, 2.75) is 26.1 Å². The van der Waals surface area contributed by atoms with Crippen molar-refractivity contribution in [3.63, 3.8) is 0 Å². The molecule has 0 amide bonds. The number of anilines is 1. The van der Waals surface area contributed by atoms with E-state index in [1.807, 2.05) is 6.92 Å². The summed E-state index contributed by atoms with van der Waals surface area (Å²) >= 11 is 0. The molecule has 0 saturated carbocycles. The fourth-order valence-electron chi connectivity index (χ4n) is 1.32. The summed E-state index contributed by atoms with van der Waals surface area (Å²) in [7, 11) is 0. The number of hydrogen-bond donors (Lipinski definition) is 1. The first-order chi connectivity index (χ1) is 8.03. The maximum absolute atomic E-state index is 12.0. The van der Waals surface area contributed by atoms with E-state index in [0.717, 1.165) is 6.42 Å². The second-order valence-electron chi connectivity index (χ2n) is 3.46. The van der Waals surface area contributed by atoms with Gasteiger partial charge in [-0.05, 0) is 13.3 Å². The van der Waals surface area contributed by atoms with Gasteiger partial charge in [0.2, 0.25) is 5.95 Å². The maximum Gasteiger partial charge on any atom is 0.405 e. The lowest BCUT2D eigenvalue weighted by molar-refractivity contribution is -0.115. The third-order valence-electron chi connectivity index (χ3n) is 2.05. The van der Waals surface area contributed by atoms with Crippen LogP contribution >= 0.6 is 0 Å². The molecule has 0 fully saturated rings. The van der Waals surface area contributed by atoms with Gasteiger partial charge < -0.3 is 14.6 Å². The summed E-state index contributed by atoms with van der Waals surface area (Å²) in [6, 6.07) is 0. The Labute approximate surface area is 97.8 Å². The molecule has 7 heteroatoms. The zero-order valence-electron chi connectivity index (χ0n) is 9.63. The summed E-state index contributed by atoms with van der Waals surface area (Å²) in [5.74, 6) is 0.235. The van der Waals surface area contributed by atoms with Crippen LogP contribution in [0.15, 0.2) is 12.4 Å².